The van der Waals surface area contributed by atoms with Crippen LogP contribution in [0.2, 0.25) is 0 Å². The van der Waals surface area contributed by atoms with Gasteiger partial charge in [-0.15, -0.1) is 0 Å². The molecule has 1 N–H and O–H groups in total. The van der Waals surface area contributed by atoms with Crippen LogP contribution >= 0.6 is 0 Å². The van der Waals surface area contributed by atoms with Crippen LogP contribution in [0, 0.1) is 0 Å². The minimum absolute atomic E-state index is 0.520. The molecular weight excluding hydrogens is 186 g/mol. The van der Waals surface area contributed by atoms with E-state index >= 15 is 0 Å². The highest BCUT2D eigenvalue weighted by Gasteiger charge is 2.17. The third-order valence-electron chi connectivity index (χ3n) is 2.78. The van der Waals surface area contributed by atoms with Gasteiger partial charge in [0.15, 0.2) is 0 Å². The Morgan fingerprint density at radius 1 is 1.27 bits per heavy atom. The van der Waals surface area contributed by atoms with Crippen LogP contribution in [0.1, 0.15) is 25.3 Å². The van der Waals surface area contributed by atoms with Gasteiger partial charge in [0.2, 0.25) is 0 Å². The van der Waals surface area contributed by atoms with Gasteiger partial charge >= 0.3 is 0 Å². The van der Waals surface area contributed by atoms with E-state index in [4.69, 9.17) is 4.74 Å². The first-order valence-corrected chi connectivity index (χ1v) is 5.81. The maximum absolute atomic E-state index is 5.12. The largest absolute Gasteiger partial charge is 0.378 e. The van der Waals surface area contributed by atoms with Crippen LogP contribution in [0.4, 0.5) is 5.69 Å². The van der Waals surface area contributed by atoms with Gasteiger partial charge in [0, 0.05) is 5.69 Å². The normalized spacial score (nSPS) is 16.1. The standard InChI is InChI=1S/C13H19NO/c1-2-3-4-11-5-7-12(8-6-11)14-13-9-15-10-13/h5-8,13-14H,2-4,9-10H2,1H3. The van der Waals surface area contributed by atoms with Crippen molar-refractivity contribution in [3.8, 4) is 0 Å². The molecule has 1 aromatic rings. The molecule has 82 valence electrons. The van der Waals surface area contributed by atoms with Gasteiger partial charge in [-0.3, -0.25) is 0 Å². The number of rotatable bonds is 5. The Hall–Kier alpha value is -1.02. The second-order valence-corrected chi connectivity index (χ2v) is 4.18. The molecule has 0 bridgehead atoms. The van der Waals surface area contributed by atoms with E-state index in [2.05, 4.69) is 36.5 Å². The molecule has 1 aliphatic rings. The fourth-order valence-electron chi connectivity index (χ4n) is 1.70. The summed E-state index contributed by atoms with van der Waals surface area (Å²) in [6.07, 6.45) is 3.74. The number of hydrogen-bond acceptors (Lipinski definition) is 2. The zero-order chi connectivity index (χ0) is 10.5. The molecule has 1 heterocycles. The Kier molecular flexibility index (Phi) is 3.62. The second-order valence-electron chi connectivity index (χ2n) is 4.18. The van der Waals surface area contributed by atoms with E-state index in [1.807, 2.05) is 0 Å². The van der Waals surface area contributed by atoms with Crippen LogP contribution in [-0.2, 0) is 11.2 Å². The molecule has 2 heteroatoms. The average Bonchev–Trinajstić information content (AvgIpc) is 2.22. The average molecular weight is 205 g/mol. The lowest BCUT2D eigenvalue weighted by molar-refractivity contribution is 0.0211. The van der Waals surface area contributed by atoms with Crippen LogP contribution < -0.4 is 5.32 Å². The van der Waals surface area contributed by atoms with Crippen LogP contribution in [0.3, 0.4) is 0 Å². The van der Waals surface area contributed by atoms with E-state index in [1.165, 1.54) is 30.5 Å². The molecule has 0 saturated carbocycles. The van der Waals surface area contributed by atoms with Crippen molar-refractivity contribution in [3.05, 3.63) is 29.8 Å². The fraction of sp³-hybridized carbons (Fsp3) is 0.538. The first-order valence-electron chi connectivity index (χ1n) is 5.81. The lowest BCUT2D eigenvalue weighted by atomic mass is 10.1. The summed E-state index contributed by atoms with van der Waals surface area (Å²) in [4.78, 5) is 0. The van der Waals surface area contributed by atoms with Gasteiger partial charge in [-0.2, -0.15) is 0 Å². The Bertz CT molecular complexity index is 290. The summed E-state index contributed by atoms with van der Waals surface area (Å²) in [5.74, 6) is 0. The topological polar surface area (TPSA) is 21.3 Å². The second kappa shape index (κ2) is 5.17. The Morgan fingerprint density at radius 2 is 2.00 bits per heavy atom. The molecule has 0 amide bonds. The highest BCUT2D eigenvalue weighted by molar-refractivity contribution is 5.45. The Morgan fingerprint density at radius 3 is 2.53 bits per heavy atom. The highest BCUT2D eigenvalue weighted by atomic mass is 16.5. The molecule has 2 nitrogen and oxygen atoms in total. The van der Waals surface area contributed by atoms with Gasteiger partial charge < -0.3 is 10.1 Å². The summed E-state index contributed by atoms with van der Waals surface area (Å²) in [6.45, 7) is 3.92. The maximum Gasteiger partial charge on any atom is 0.0728 e. The lowest BCUT2D eigenvalue weighted by Crippen LogP contribution is -2.40. The molecule has 1 saturated heterocycles. The summed E-state index contributed by atoms with van der Waals surface area (Å²) < 4.78 is 5.12. The van der Waals surface area contributed by atoms with Crippen molar-refractivity contribution in [1.82, 2.24) is 0 Å². The van der Waals surface area contributed by atoms with Gasteiger partial charge in [0.05, 0.1) is 19.3 Å². The number of nitrogens with one attached hydrogen (secondary N) is 1. The molecular formula is C13H19NO. The molecule has 0 unspecified atom stereocenters. The van der Waals surface area contributed by atoms with Gasteiger partial charge in [0.25, 0.3) is 0 Å². The van der Waals surface area contributed by atoms with Crippen molar-refractivity contribution in [2.75, 3.05) is 18.5 Å². The molecule has 0 radical (unpaired) electrons. The number of ether oxygens (including phenoxy) is 1. The minimum atomic E-state index is 0.520. The van der Waals surface area contributed by atoms with Crippen molar-refractivity contribution in [1.29, 1.82) is 0 Å². The molecule has 2 rings (SSSR count). The predicted octanol–water partition coefficient (Wildman–Crippen LogP) is 2.84. The summed E-state index contributed by atoms with van der Waals surface area (Å²) in [5, 5.41) is 3.44. The zero-order valence-corrected chi connectivity index (χ0v) is 9.33. The summed E-state index contributed by atoms with van der Waals surface area (Å²) in [7, 11) is 0. The number of unbranched alkanes of at least 4 members (excludes halogenated alkanes) is 1. The molecule has 0 spiro atoms. The third kappa shape index (κ3) is 2.96. The summed E-state index contributed by atoms with van der Waals surface area (Å²) in [6, 6.07) is 9.30. The van der Waals surface area contributed by atoms with Gasteiger partial charge in [-0.25, -0.2) is 0 Å². The number of benzene rings is 1. The number of anilines is 1. The van der Waals surface area contributed by atoms with Crippen molar-refractivity contribution < 1.29 is 4.74 Å². The lowest BCUT2D eigenvalue weighted by Gasteiger charge is -2.27. The number of hydrogen-bond donors (Lipinski definition) is 1. The molecule has 15 heavy (non-hydrogen) atoms. The van der Waals surface area contributed by atoms with E-state index in [-0.39, 0.29) is 0 Å². The van der Waals surface area contributed by atoms with Crippen molar-refractivity contribution >= 4 is 5.69 Å². The summed E-state index contributed by atoms with van der Waals surface area (Å²) in [5.41, 5.74) is 2.65. The van der Waals surface area contributed by atoms with E-state index in [0.29, 0.717) is 6.04 Å². The van der Waals surface area contributed by atoms with E-state index in [1.54, 1.807) is 0 Å². The Labute approximate surface area is 91.6 Å². The number of aryl methyl sites for hydroxylation is 1. The fourth-order valence-corrected chi connectivity index (χ4v) is 1.70. The predicted molar refractivity (Wildman–Crippen MR) is 63.3 cm³/mol. The molecule has 0 atom stereocenters. The van der Waals surface area contributed by atoms with Crippen molar-refractivity contribution in [3.63, 3.8) is 0 Å². The molecule has 0 aliphatic carbocycles. The van der Waals surface area contributed by atoms with Crippen LogP contribution in [-0.4, -0.2) is 19.3 Å². The quantitative estimate of drug-likeness (QED) is 0.798. The smallest absolute Gasteiger partial charge is 0.0728 e. The molecule has 1 fully saturated rings. The van der Waals surface area contributed by atoms with E-state index in [9.17, 15) is 0 Å². The van der Waals surface area contributed by atoms with Crippen molar-refractivity contribution in [2.24, 2.45) is 0 Å². The Balaban J connectivity index is 1.85. The first-order chi connectivity index (χ1) is 7.38. The SMILES string of the molecule is CCCCc1ccc(NC2COC2)cc1. The van der Waals surface area contributed by atoms with Gasteiger partial charge in [-0.05, 0) is 30.5 Å². The van der Waals surface area contributed by atoms with Gasteiger partial charge in [-0.1, -0.05) is 25.5 Å². The zero-order valence-electron chi connectivity index (χ0n) is 9.33. The molecule has 0 aromatic heterocycles. The molecule has 1 aliphatic heterocycles. The minimum Gasteiger partial charge on any atom is -0.378 e. The van der Waals surface area contributed by atoms with Gasteiger partial charge in [0.1, 0.15) is 0 Å². The van der Waals surface area contributed by atoms with Crippen LogP contribution in [0.15, 0.2) is 24.3 Å². The van der Waals surface area contributed by atoms with Crippen molar-refractivity contribution in [2.45, 2.75) is 32.2 Å². The monoisotopic (exact) mass is 205 g/mol. The first kappa shape index (κ1) is 10.5. The molecule has 1 aromatic carbocycles. The summed E-state index contributed by atoms with van der Waals surface area (Å²) >= 11 is 0. The van der Waals surface area contributed by atoms with E-state index in [0.717, 1.165) is 13.2 Å². The van der Waals surface area contributed by atoms with E-state index < -0.39 is 0 Å². The maximum atomic E-state index is 5.12. The van der Waals surface area contributed by atoms with Crippen LogP contribution in [0.25, 0.3) is 0 Å². The third-order valence-corrected chi connectivity index (χ3v) is 2.78. The van der Waals surface area contributed by atoms with Crippen LogP contribution in [0.5, 0.6) is 0 Å². The highest BCUT2D eigenvalue weighted by Crippen LogP contribution is 2.14.